The summed E-state index contributed by atoms with van der Waals surface area (Å²) in [4.78, 5) is 0. The Morgan fingerprint density at radius 2 is 1.53 bits per heavy atom. The molecule has 0 fully saturated rings. The van der Waals surface area contributed by atoms with Crippen LogP contribution in [-0.2, 0) is 13.1 Å². The monoisotopic (exact) mass is 456 g/mol. The molecule has 0 bridgehead atoms. The molecule has 0 saturated carbocycles. The Labute approximate surface area is 189 Å². The lowest BCUT2D eigenvalue weighted by Gasteiger charge is -2.07. The number of halogens is 2. The molecule has 6 nitrogen and oxygen atoms in total. The maximum atomic E-state index is 6.21. The average molecular weight is 457 g/mol. The zero-order chi connectivity index (χ0) is 20.9. The summed E-state index contributed by atoms with van der Waals surface area (Å²) in [6, 6.07) is 15.4. The number of rotatable bonds is 6. The summed E-state index contributed by atoms with van der Waals surface area (Å²) >= 11 is 17.6. The van der Waals surface area contributed by atoms with Crippen molar-refractivity contribution >= 4 is 51.9 Å². The van der Waals surface area contributed by atoms with Crippen LogP contribution in [0.2, 0.25) is 10.0 Å². The fourth-order valence-corrected chi connectivity index (χ4v) is 3.59. The summed E-state index contributed by atoms with van der Waals surface area (Å²) < 4.78 is 3.62. The van der Waals surface area contributed by atoms with E-state index < -0.39 is 0 Å². The summed E-state index contributed by atoms with van der Waals surface area (Å²) in [6.07, 6.45) is 7.20. The van der Waals surface area contributed by atoms with Crippen LogP contribution in [0.15, 0.2) is 73.3 Å². The second-order valence-corrected chi connectivity index (χ2v) is 7.91. The summed E-state index contributed by atoms with van der Waals surface area (Å²) in [6.45, 7) is 1.20. The van der Waals surface area contributed by atoms with Crippen LogP contribution in [0.4, 0.5) is 11.4 Å². The Morgan fingerprint density at radius 3 is 2.20 bits per heavy atom. The van der Waals surface area contributed by atoms with E-state index in [1.807, 2.05) is 65.6 Å². The van der Waals surface area contributed by atoms with E-state index in [0.717, 1.165) is 27.5 Å². The van der Waals surface area contributed by atoms with E-state index in [0.29, 0.717) is 23.2 Å². The maximum Gasteiger partial charge on any atom is 0.175 e. The van der Waals surface area contributed by atoms with Gasteiger partial charge < -0.3 is 10.6 Å². The first-order chi connectivity index (χ1) is 14.5. The van der Waals surface area contributed by atoms with Crippen LogP contribution in [0.5, 0.6) is 0 Å². The number of aromatic nitrogens is 4. The minimum absolute atomic E-state index is 0.453. The van der Waals surface area contributed by atoms with E-state index in [1.54, 1.807) is 17.1 Å². The second kappa shape index (κ2) is 9.30. The van der Waals surface area contributed by atoms with E-state index in [9.17, 15) is 0 Å². The van der Waals surface area contributed by atoms with Crippen molar-refractivity contribution in [2.45, 2.75) is 13.1 Å². The van der Waals surface area contributed by atoms with Crippen molar-refractivity contribution in [3.8, 4) is 0 Å². The SMILES string of the molecule is S=C(Nc1cnn(Cc2cccc(Cl)c2)c1)Nc1cnn(Cc2ccccc2Cl)c1. The quantitative estimate of drug-likeness (QED) is 0.385. The van der Waals surface area contributed by atoms with E-state index in [1.165, 1.54) is 0 Å². The van der Waals surface area contributed by atoms with Crippen LogP contribution in [0.3, 0.4) is 0 Å². The fraction of sp³-hybridized carbons (Fsp3) is 0.0952. The van der Waals surface area contributed by atoms with Gasteiger partial charge in [-0.05, 0) is 41.5 Å². The van der Waals surface area contributed by atoms with Gasteiger partial charge in [0.2, 0.25) is 0 Å². The van der Waals surface area contributed by atoms with Gasteiger partial charge in [-0.1, -0.05) is 53.5 Å². The third kappa shape index (κ3) is 5.38. The lowest BCUT2D eigenvalue weighted by Crippen LogP contribution is -2.18. The highest BCUT2D eigenvalue weighted by Gasteiger charge is 2.06. The van der Waals surface area contributed by atoms with Crippen molar-refractivity contribution in [3.63, 3.8) is 0 Å². The van der Waals surface area contributed by atoms with Gasteiger partial charge in [-0.3, -0.25) is 9.36 Å². The van der Waals surface area contributed by atoms with Gasteiger partial charge in [0, 0.05) is 22.4 Å². The van der Waals surface area contributed by atoms with Crippen LogP contribution in [0.1, 0.15) is 11.1 Å². The maximum absolute atomic E-state index is 6.21. The molecule has 0 aliphatic carbocycles. The minimum atomic E-state index is 0.453. The molecule has 2 aromatic heterocycles. The predicted molar refractivity (Wildman–Crippen MR) is 125 cm³/mol. The van der Waals surface area contributed by atoms with E-state index in [2.05, 4.69) is 20.8 Å². The Morgan fingerprint density at radius 1 is 0.867 bits per heavy atom. The van der Waals surface area contributed by atoms with Gasteiger partial charge in [0.25, 0.3) is 0 Å². The molecule has 2 aromatic carbocycles. The minimum Gasteiger partial charge on any atom is -0.330 e. The molecule has 30 heavy (non-hydrogen) atoms. The topological polar surface area (TPSA) is 59.7 Å². The molecule has 0 radical (unpaired) electrons. The van der Waals surface area contributed by atoms with Gasteiger partial charge in [-0.15, -0.1) is 0 Å². The number of nitrogens with zero attached hydrogens (tertiary/aromatic N) is 4. The largest absolute Gasteiger partial charge is 0.330 e. The second-order valence-electron chi connectivity index (χ2n) is 6.65. The van der Waals surface area contributed by atoms with Gasteiger partial charge in [-0.2, -0.15) is 10.2 Å². The summed E-state index contributed by atoms with van der Waals surface area (Å²) in [5.41, 5.74) is 3.65. The lowest BCUT2D eigenvalue weighted by atomic mass is 10.2. The molecule has 0 saturated heterocycles. The van der Waals surface area contributed by atoms with Gasteiger partial charge >= 0.3 is 0 Å². The van der Waals surface area contributed by atoms with Crippen LogP contribution in [0.25, 0.3) is 0 Å². The number of anilines is 2. The molecule has 2 N–H and O–H groups in total. The van der Waals surface area contributed by atoms with E-state index in [4.69, 9.17) is 35.4 Å². The molecule has 0 aliphatic heterocycles. The lowest BCUT2D eigenvalue weighted by molar-refractivity contribution is 0.687. The Bertz CT molecular complexity index is 1170. The fourth-order valence-electron chi connectivity index (χ4n) is 2.95. The average Bonchev–Trinajstić information content (AvgIpc) is 3.33. The Kier molecular flexibility index (Phi) is 6.32. The van der Waals surface area contributed by atoms with Crippen LogP contribution in [0, 0.1) is 0 Å². The first kappa shape index (κ1) is 20.4. The third-order valence-corrected chi connectivity index (χ3v) is 5.11. The van der Waals surface area contributed by atoms with Crippen molar-refractivity contribution in [3.05, 3.63) is 94.5 Å². The summed E-state index contributed by atoms with van der Waals surface area (Å²) in [5, 5.41) is 16.8. The van der Waals surface area contributed by atoms with Crippen LogP contribution in [-0.4, -0.2) is 24.7 Å². The number of hydrogen-bond donors (Lipinski definition) is 2. The van der Waals surface area contributed by atoms with Gasteiger partial charge in [0.1, 0.15) is 0 Å². The zero-order valence-electron chi connectivity index (χ0n) is 15.8. The molecular weight excluding hydrogens is 439 g/mol. The van der Waals surface area contributed by atoms with Gasteiger partial charge in [0.05, 0.1) is 36.9 Å². The molecule has 4 rings (SSSR count). The van der Waals surface area contributed by atoms with Crippen molar-refractivity contribution < 1.29 is 0 Å². The highest BCUT2D eigenvalue weighted by molar-refractivity contribution is 7.80. The molecule has 0 amide bonds. The molecule has 0 spiro atoms. The number of nitrogens with one attached hydrogen (secondary N) is 2. The summed E-state index contributed by atoms with van der Waals surface area (Å²) in [7, 11) is 0. The molecule has 4 aromatic rings. The first-order valence-electron chi connectivity index (χ1n) is 9.16. The Balaban J connectivity index is 1.32. The normalized spacial score (nSPS) is 10.7. The van der Waals surface area contributed by atoms with E-state index in [-0.39, 0.29) is 0 Å². The number of thiocarbonyl (C=S) groups is 1. The zero-order valence-corrected chi connectivity index (χ0v) is 18.1. The highest BCUT2D eigenvalue weighted by Crippen LogP contribution is 2.17. The molecule has 0 aliphatic rings. The van der Waals surface area contributed by atoms with Crippen molar-refractivity contribution in [1.29, 1.82) is 0 Å². The highest BCUT2D eigenvalue weighted by atomic mass is 35.5. The Hall–Kier alpha value is -2.87. The van der Waals surface area contributed by atoms with Crippen LogP contribution < -0.4 is 10.6 Å². The third-order valence-electron chi connectivity index (χ3n) is 4.31. The molecule has 152 valence electrons. The molecule has 9 heteroatoms. The van der Waals surface area contributed by atoms with Crippen LogP contribution >= 0.6 is 35.4 Å². The van der Waals surface area contributed by atoms with Crippen molar-refractivity contribution in [2.75, 3.05) is 10.6 Å². The molecule has 0 unspecified atom stereocenters. The number of hydrogen-bond acceptors (Lipinski definition) is 3. The van der Waals surface area contributed by atoms with Gasteiger partial charge in [-0.25, -0.2) is 0 Å². The predicted octanol–water partition coefficient (Wildman–Crippen LogP) is 5.29. The molecule has 0 atom stereocenters. The van der Waals surface area contributed by atoms with Gasteiger partial charge in [0.15, 0.2) is 5.11 Å². The standard InChI is InChI=1S/C21H18Cl2N6S/c22-17-6-3-4-15(8-17)11-28-13-18(9-24-28)26-21(30)27-19-10-25-29(14-19)12-16-5-1-2-7-20(16)23/h1-10,13-14H,11-12H2,(H2,26,27,30). The molecule has 2 heterocycles. The smallest absolute Gasteiger partial charge is 0.175 e. The first-order valence-corrected chi connectivity index (χ1v) is 10.3. The molecular formula is C21H18Cl2N6S. The number of benzene rings is 2. The summed E-state index contributed by atoms with van der Waals surface area (Å²) in [5.74, 6) is 0. The van der Waals surface area contributed by atoms with E-state index >= 15 is 0 Å². The van der Waals surface area contributed by atoms with Crippen molar-refractivity contribution in [2.24, 2.45) is 0 Å². The van der Waals surface area contributed by atoms with Crippen molar-refractivity contribution in [1.82, 2.24) is 19.6 Å².